The number of aromatic hydroxyl groups is 1. The van der Waals surface area contributed by atoms with Gasteiger partial charge >= 0.3 is 5.69 Å². The summed E-state index contributed by atoms with van der Waals surface area (Å²) < 4.78 is 42.3. The maximum absolute atomic E-state index is 14.4. The van der Waals surface area contributed by atoms with Crippen LogP contribution in [0.1, 0.15) is 85.6 Å². The van der Waals surface area contributed by atoms with Crippen LogP contribution < -0.4 is 26.0 Å². The fraction of sp³-hybridized carbons (Fsp3) is 0.488. The second-order valence-corrected chi connectivity index (χ2v) is 17.2. The van der Waals surface area contributed by atoms with Gasteiger partial charge in [-0.1, -0.05) is 11.2 Å². The van der Waals surface area contributed by atoms with Gasteiger partial charge in [0.05, 0.1) is 23.7 Å². The molecule has 2 saturated heterocycles. The number of phenols is 1. The van der Waals surface area contributed by atoms with E-state index in [-0.39, 0.29) is 34.4 Å². The van der Waals surface area contributed by atoms with Crippen molar-refractivity contribution in [3.8, 4) is 23.1 Å². The third-order valence-electron chi connectivity index (χ3n) is 13.7. The summed E-state index contributed by atoms with van der Waals surface area (Å²) in [7, 11) is 2.86. The third kappa shape index (κ3) is 7.45. The molecule has 1 unspecified atom stereocenters. The van der Waals surface area contributed by atoms with Crippen molar-refractivity contribution in [3.05, 3.63) is 75.6 Å². The number of nitrogens with zero attached hydrogens (tertiary/aromatic N) is 8. The lowest BCUT2D eigenvalue weighted by molar-refractivity contribution is -0.135. The lowest BCUT2D eigenvalue weighted by Gasteiger charge is -2.52. The van der Waals surface area contributed by atoms with Crippen LogP contribution in [0.25, 0.3) is 22.6 Å². The molecule has 5 heterocycles. The molecule has 5 fully saturated rings. The van der Waals surface area contributed by atoms with Gasteiger partial charge in [-0.15, -0.1) is 0 Å². The monoisotopic (exact) mass is 854 g/mol. The van der Waals surface area contributed by atoms with Crippen LogP contribution in [0.2, 0.25) is 0 Å². The number of hydrogen-bond acceptors (Lipinski definition) is 13. The molecule has 62 heavy (non-hydrogen) atoms. The van der Waals surface area contributed by atoms with Crippen molar-refractivity contribution >= 4 is 34.7 Å². The SMILES string of the molecule is COc1c(C(=O)NCC23CCC(c4noc(-c5ccnc(N6CCN(CCCc7ccc8c(c7)n(C)c(=O)n8C7CCC(=O)NC7=O)CC6)n5)n4)(CC2)CC3)cc(F)c(O)c1F. The maximum Gasteiger partial charge on any atom is 0.329 e. The average molecular weight is 855 g/mol. The first kappa shape index (κ1) is 41.1. The van der Waals surface area contributed by atoms with Crippen LogP contribution in [0.5, 0.6) is 11.5 Å². The van der Waals surface area contributed by atoms with Crippen LogP contribution in [0, 0.1) is 17.0 Å². The average Bonchev–Trinajstić information content (AvgIpc) is 3.89. The van der Waals surface area contributed by atoms with Crippen molar-refractivity contribution in [2.75, 3.05) is 51.3 Å². The minimum atomic E-state index is -1.32. The predicted molar refractivity (Wildman–Crippen MR) is 220 cm³/mol. The molecule has 10 rings (SSSR count). The Hall–Kier alpha value is -6.24. The number of piperazine rings is 1. The Morgan fingerprint density at radius 2 is 1.77 bits per heavy atom. The summed E-state index contributed by atoms with van der Waals surface area (Å²) in [5.41, 5.74) is 2.07. The smallest absolute Gasteiger partial charge is 0.329 e. The van der Waals surface area contributed by atoms with E-state index in [1.807, 2.05) is 18.2 Å². The van der Waals surface area contributed by atoms with Crippen molar-refractivity contribution in [2.24, 2.45) is 12.5 Å². The molecule has 3 N–H and O–H groups in total. The van der Waals surface area contributed by atoms with Crippen molar-refractivity contribution in [1.82, 2.24) is 44.8 Å². The molecule has 0 spiro atoms. The molecule has 3 amide bonds. The van der Waals surface area contributed by atoms with Gasteiger partial charge in [0.15, 0.2) is 23.1 Å². The first-order valence-electron chi connectivity index (χ1n) is 21.1. The van der Waals surface area contributed by atoms with Crippen LogP contribution in [-0.4, -0.2) is 103 Å². The molecule has 326 valence electrons. The molecule has 0 radical (unpaired) electrons. The zero-order valence-corrected chi connectivity index (χ0v) is 34.6. The highest BCUT2D eigenvalue weighted by Crippen LogP contribution is 2.57. The normalized spacial score (nSPS) is 22.9. The number of methoxy groups -OCH3 is 1. The highest BCUT2D eigenvalue weighted by molar-refractivity contribution is 6.00. The van der Waals surface area contributed by atoms with Gasteiger partial charge in [0, 0.05) is 57.8 Å². The van der Waals surface area contributed by atoms with Gasteiger partial charge < -0.3 is 24.6 Å². The zero-order valence-electron chi connectivity index (χ0n) is 34.6. The van der Waals surface area contributed by atoms with E-state index in [1.54, 1.807) is 23.9 Å². The molecule has 5 aromatic rings. The molecule has 3 aliphatic carbocycles. The molecule has 2 aromatic carbocycles. The number of phenolic OH excluding ortho intramolecular Hbond substituents is 1. The molecule has 2 bridgehead atoms. The number of aromatic nitrogens is 6. The summed E-state index contributed by atoms with van der Waals surface area (Å²) in [6, 6.07) is 7.76. The number of piperidine rings is 1. The Morgan fingerprint density at radius 3 is 2.50 bits per heavy atom. The summed E-state index contributed by atoms with van der Waals surface area (Å²) in [6.07, 6.45) is 8.76. The Balaban J connectivity index is 0.764. The molecular weight excluding hydrogens is 807 g/mol. The van der Waals surface area contributed by atoms with E-state index in [9.17, 15) is 33.1 Å². The number of rotatable bonds is 12. The summed E-state index contributed by atoms with van der Waals surface area (Å²) in [6.45, 7) is 4.43. The predicted octanol–water partition coefficient (Wildman–Crippen LogP) is 3.93. The molecule has 3 aromatic heterocycles. The molecule has 19 heteroatoms. The summed E-state index contributed by atoms with van der Waals surface area (Å²) in [4.78, 5) is 69.2. The third-order valence-corrected chi connectivity index (χ3v) is 13.7. The van der Waals surface area contributed by atoms with Gasteiger partial charge in [-0.2, -0.15) is 9.37 Å². The number of nitrogens with one attached hydrogen (secondary N) is 2. The first-order valence-corrected chi connectivity index (χ1v) is 21.1. The number of imidazole rings is 1. The van der Waals surface area contributed by atoms with Crippen LogP contribution in [0.15, 0.2) is 45.8 Å². The van der Waals surface area contributed by atoms with Crippen LogP contribution in [-0.2, 0) is 28.5 Å². The summed E-state index contributed by atoms with van der Waals surface area (Å²) >= 11 is 0. The van der Waals surface area contributed by atoms with Gasteiger partial charge in [0.2, 0.25) is 23.6 Å². The molecule has 17 nitrogen and oxygen atoms in total. The van der Waals surface area contributed by atoms with Gasteiger partial charge in [0.25, 0.3) is 11.8 Å². The molecular formula is C43H48F2N10O7. The quantitative estimate of drug-likeness (QED) is 0.153. The van der Waals surface area contributed by atoms with Crippen LogP contribution in [0.3, 0.4) is 0 Å². The van der Waals surface area contributed by atoms with Crippen molar-refractivity contribution < 1.29 is 37.5 Å². The van der Waals surface area contributed by atoms with Crippen LogP contribution in [0.4, 0.5) is 14.7 Å². The van der Waals surface area contributed by atoms with E-state index in [4.69, 9.17) is 19.2 Å². The number of halogens is 2. The highest BCUT2D eigenvalue weighted by atomic mass is 19.1. The van der Waals surface area contributed by atoms with Gasteiger partial charge in [-0.25, -0.2) is 19.2 Å². The lowest BCUT2D eigenvalue weighted by atomic mass is 9.53. The minimum absolute atomic E-state index is 0.177. The number of carbonyl (C=O) groups is 3. The second-order valence-electron chi connectivity index (χ2n) is 17.2. The topological polar surface area (TPSA) is 203 Å². The number of ether oxygens (including phenoxy) is 1. The number of hydrogen-bond donors (Lipinski definition) is 3. The molecule has 5 aliphatic rings. The highest BCUT2D eigenvalue weighted by Gasteiger charge is 2.51. The molecule has 1 atom stereocenters. The Bertz CT molecular complexity index is 2610. The molecule has 2 aliphatic heterocycles. The van der Waals surface area contributed by atoms with E-state index >= 15 is 0 Å². The standard InChI is InChI=1S/C43H48F2N10O7/c1-52-31-22-25(5-6-29(31)55(41(52)60)30-7-8-32(56)49-37(30)59)4-3-17-53-18-20-54(21-19-53)40-46-16-9-28(48-40)38-50-39(51-62-38)43-13-10-42(11-14-43,12-15-43)24-47-36(58)26-23-27(44)34(57)33(45)35(26)61-2/h5-6,9,16,22-23,30,57H,3-4,7-8,10-15,17-21,24H2,1-2H3,(H,47,58)(H,49,56,59). The fourth-order valence-electron chi connectivity index (χ4n) is 9.82. The van der Waals surface area contributed by atoms with Crippen molar-refractivity contribution in [3.63, 3.8) is 0 Å². The van der Waals surface area contributed by atoms with Crippen LogP contribution >= 0.6 is 0 Å². The van der Waals surface area contributed by atoms with E-state index in [0.717, 1.165) is 108 Å². The molecule has 3 saturated carbocycles. The second kappa shape index (κ2) is 16.2. The van der Waals surface area contributed by atoms with E-state index in [1.165, 1.54) is 4.57 Å². The van der Waals surface area contributed by atoms with Gasteiger partial charge in [0.1, 0.15) is 11.7 Å². The van der Waals surface area contributed by atoms with Gasteiger partial charge in [-0.05, 0) is 99.6 Å². The van der Waals surface area contributed by atoms with E-state index in [0.29, 0.717) is 41.8 Å². The number of amides is 3. The summed E-state index contributed by atoms with van der Waals surface area (Å²) in [5, 5.41) is 19.2. The largest absolute Gasteiger partial charge is 0.503 e. The van der Waals surface area contributed by atoms with Crippen molar-refractivity contribution in [2.45, 2.75) is 75.7 Å². The van der Waals surface area contributed by atoms with Crippen molar-refractivity contribution in [1.29, 1.82) is 0 Å². The number of fused-ring (bicyclic) bond motifs is 4. The number of aryl methyl sites for hydroxylation is 2. The Labute approximate surface area is 354 Å². The fourth-order valence-corrected chi connectivity index (χ4v) is 9.82. The Morgan fingerprint density at radius 1 is 1.02 bits per heavy atom. The number of anilines is 1. The van der Waals surface area contributed by atoms with E-state index < -0.39 is 41.0 Å². The first-order chi connectivity index (χ1) is 29.9. The number of imide groups is 1. The lowest BCUT2D eigenvalue weighted by Crippen LogP contribution is -2.49. The summed E-state index contributed by atoms with van der Waals surface area (Å²) in [5.74, 6) is -4.11. The maximum atomic E-state index is 14.4. The zero-order chi connectivity index (χ0) is 43.3. The van der Waals surface area contributed by atoms with Gasteiger partial charge in [-0.3, -0.25) is 33.7 Å². The number of benzene rings is 2. The minimum Gasteiger partial charge on any atom is -0.503 e. The van der Waals surface area contributed by atoms with E-state index in [2.05, 4.69) is 30.6 Å². The number of carbonyl (C=O) groups excluding carboxylic acids is 3. The Kier molecular flexibility index (Phi) is 10.8.